The van der Waals surface area contributed by atoms with Gasteiger partial charge >= 0.3 is 0 Å². The van der Waals surface area contributed by atoms with Gasteiger partial charge in [-0.2, -0.15) is 4.98 Å². The number of nitrogens with one attached hydrogen (secondary N) is 2. The van der Waals surface area contributed by atoms with Crippen LogP contribution in [0, 0.1) is 0 Å². The van der Waals surface area contributed by atoms with Gasteiger partial charge in [0.2, 0.25) is 5.95 Å². The van der Waals surface area contributed by atoms with Crippen molar-refractivity contribution in [1.82, 2.24) is 9.97 Å². The van der Waals surface area contributed by atoms with Crippen molar-refractivity contribution in [2.45, 2.75) is 6.54 Å². The molecule has 0 bridgehead atoms. The van der Waals surface area contributed by atoms with Crippen LogP contribution >= 0.6 is 11.6 Å². The summed E-state index contributed by atoms with van der Waals surface area (Å²) < 4.78 is 0. The van der Waals surface area contributed by atoms with Gasteiger partial charge in [0.05, 0.1) is 0 Å². The fourth-order valence-electron chi connectivity index (χ4n) is 1.50. The molecule has 2 N–H and O–H groups in total. The molecule has 0 aliphatic rings. The minimum Gasteiger partial charge on any atom is -0.366 e. The van der Waals surface area contributed by atoms with Crippen LogP contribution in [0.15, 0.2) is 49.2 Å². The molecule has 19 heavy (non-hydrogen) atoms. The van der Waals surface area contributed by atoms with Crippen LogP contribution in [-0.2, 0) is 6.54 Å². The zero-order chi connectivity index (χ0) is 13.5. The molecular weight excluding hydrogens is 260 g/mol. The molecule has 0 aliphatic carbocycles. The van der Waals surface area contributed by atoms with Crippen LogP contribution in [-0.4, -0.2) is 16.5 Å². The van der Waals surface area contributed by atoms with Gasteiger partial charge in [0.15, 0.2) is 0 Å². The third kappa shape index (κ3) is 4.26. The standard InChI is InChI=1S/C14H15ClN4/c1-2-8-16-13-7-9-17-14(19-13)18-10-11-3-5-12(15)6-4-11/h2-7,9H,1,8,10H2,(H2,16,17,18,19). The van der Waals surface area contributed by atoms with E-state index in [9.17, 15) is 0 Å². The molecule has 1 aromatic heterocycles. The molecule has 5 heteroatoms. The summed E-state index contributed by atoms with van der Waals surface area (Å²) in [5.74, 6) is 1.36. The molecule has 0 unspecified atom stereocenters. The number of rotatable bonds is 6. The van der Waals surface area contributed by atoms with Crippen molar-refractivity contribution in [3.05, 3.63) is 59.8 Å². The minimum atomic E-state index is 0.587. The molecule has 0 spiro atoms. The van der Waals surface area contributed by atoms with Gasteiger partial charge < -0.3 is 10.6 Å². The van der Waals surface area contributed by atoms with Crippen molar-refractivity contribution in [2.24, 2.45) is 0 Å². The van der Waals surface area contributed by atoms with E-state index in [1.54, 1.807) is 12.3 Å². The van der Waals surface area contributed by atoms with Crippen LogP contribution in [0.5, 0.6) is 0 Å². The van der Waals surface area contributed by atoms with Gasteiger partial charge in [-0.1, -0.05) is 29.8 Å². The number of aromatic nitrogens is 2. The Morgan fingerprint density at radius 2 is 1.95 bits per heavy atom. The second kappa shape index (κ2) is 6.75. The van der Waals surface area contributed by atoms with Crippen LogP contribution in [0.1, 0.15) is 5.56 Å². The van der Waals surface area contributed by atoms with E-state index in [1.807, 2.05) is 30.3 Å². The maximum Gasteiger partial charge on any atom is 0.224 e. The van der Waals surface area contributed by atoms with E-state index in [1.165, 1.54) is 0 Å². The second-order valence-electron chi connectivity index (χ2n) is 3.92. The molecule has 4 nitrogen and oxygen atoms in total. The van der Waals surface area contributed by atoms with Gasteiger partial charge in [0, 0.05) is 24.3 Å². The Bertz CT molecular complexity index is 539. The summed E-state index contributed by atoms with van der Waals surface area (Å²) in [6.07, 6.45) is 3.49. The second-order valence-corrected chi connectivity index (χ2v) is 4.35. The van der Waals surface area contributed by atoms with Gasteiger partial charge in [-0.3, -0.25) is 0 Å². The van der Waals surface area contributed by atoms with E-state index < -0.39 is 0 Å². The van der Waals surface area contributed by atoms with Crippen LogP contribution < -0.4 is 10.6 Å². The lowest BCUT2D eigenvalue weighted by Crippen LogP contribution is -2.06. The Hall–Kier alpha value is -2.07. The number of halogens is 1. The van der Waals surface area contributed by atoms with Crippen molar-refractivity contribution in [1.29, 1.82) is 0 Å². The maximum absolute atomic E-state index is 5.84. The predicted molar refractivity (Wildman–Crippen MR) is 79.5 cm³/mol. The number of benzene rings is 1. The number of anilines is 2. The van der Waals surface area contributed by atoms with Crippen LogP contribution in [0.25, 0.3) is 0 Å². The highest BCUT2D eigenvalue weighted by Gasteiger charge is 1.99. The lowest BCUT2D eigenvalue weighted by atomic mass is 10.2. The molecule has 0 saturated heterocycles. The largest absolute Gasteiger partial charge is 0.366 e. The molecule has 0 saturated carbocycles. The van der Waals surface area contributed by atoms with E-state index in [0.717, 1.165) is 16.4 Å². The molecule has 0 aliphatic heterocycles. The highest BCUT2D eigenvalue weighted by molar-refractivity contribution is 6.30. The molecule has 0 atom stereocenters. The fourth-order valence-corrected chi connectivity index (χ4v) is 1.63. The highest BCUT2D eigenvalue weighted by atomic mass is 35.5. The summed E-state index contributed by atoms with van der Waals surface area (Å²) >= 11 is 5.84. The zero-order valence-electron chi connectivity index (χ0n) is 10.4. The van der Waals surface area contributed by atoms with E-state index in [0.29, 0.717) is 19.0 Å². The topological polar surface area (TPSA) is 49.8 Å². The smallest absolute Gasteiger partial charge is 0.224 e. The first-order chi connectivity index (χ1) is 9.28. The van der Waals surface area contributed by atoms with Crippen molar-refractivity contribution in [3.63, 3.8) is 0 Å². The van der Waals surface area contributed by atoms with E-state index >= 15 is 0 Å². The van der Waals surface area contributed by atoms with Crippen LogP contribution in [0.4, 0.5) is 11.8 Å². The average Bonchev–Trinajstić information content (AvgIpc) is 2.45. The van der Waals surface area contributed by atoms with Crippen molar-refractivity contribution >= 4 is 23.4 Å². The minimum absolute atomic E-state index is 0.587. The van der Waals surface area contributed by atoms with Gasteiger partial charge in [-0.15, -0.1) is 6.58 Å². The van der Waals surface area contributed by atoms with Gasteiger partial charge in [-0.05, 0) is 23.8 Å². The van der Waals surface area contributed by atoms with Crippen LogP contribution in [0.3, 0.4) is 0 Å². The Morgan fingerprint density at radius 1 is 1.16 bits per heavy atom. The Labute approximate surface area is 117 Å². The first-order valence-corrected chi connectivity index (χ1v) is 6.32. The molecule has 98 valence electrons. The van der Waals surface area contributed by atoms with E-state index in [-0.39, 0.29) is 0 Å². The van der Waals surface area contributed by atoms with Crippen molar-refractivity contribution in [2.75, 3.05) is 17.2 Å². The highest BCUT2D eigenvalue weighted by Crippen LogP contribution is 2.11. The number of hydrogen-bond donors (Lipinski definition) is 2. The zero-order valence-corrected chi connectivity index (χ0v) is 11.2. The van der Waals surface area contributed by atoms with Gasteiger partial charge in [0.25, 0.3) is 0 Å². The van der Waals surface area contributed by atoms with E-state index in [2.05, 4.69) is 27.2 Å². The normalized spacial score (nSPS) is 9.95. The summed E-state index contributed by atoms with van der Waals surface area (Å²) in [7, 11) is 0. The first-order valence-electron chi connectivity index (χ1n) is 5.94. The summed E-state index contributed by atoms with van der Waals surface area (Å²) in [5.41, 5.74) is 1.12. The molecule has 0 fully saturated rings. The molecule has 1 aromatic carbocycles. The van der Waals surface area contributed by atoms with E-state index in [4.69, 9.17) is 11.6 Å². The predicted octanol–water partition coefficient (Wildman–Crippen LogP) is 3.34. The Kier molecular flexibility index (Phi) is 4.75. The summed E-state index contributed by atoms with van der Waals surface area (Å²) in [5, 5.41) is 7.01. The SMILES string of the molecule is C=CCNc1ccnc(NCc2ccc(Cl)cc2)n1. The summed E-state index contributed by atoms with van der Waals surface area (Å²) in [4.78, 5) is 8.50. The number of hydrogen-bond acceptors (Lipinski definition) is 4. The molecule has 2 rings (SSSR count). The summed E-state index contributed by atoms with van der Waals surface area (Å²) in [6, 6.07) is 9.48. The Balaban J connectivity index is 1.95. The molecule has 1 heterocycles. The molecule has 0 radical (unpaired) electrons. The lowest BCUT2D eigenvalue weighted by molar-refractivity contribution is 1.05. The lowest BCUT2D eigenvalue weighted by Gasteiger charge is -2.07. The monoisotopic (exact) mass is 274 g/mol. The van der Waals surface area contributed by atoms with Crippen LogP contribution in [0.2, 0.25) is 5.02 Å². The van der Waals surface area contributed by atoms with Gasteiger partial charge in [-0.25, -0.2) is 4.98 Å². The fraction of sp³-hybridized carbons (Fsp3) is 0.143. The maximum atomic E-state index is 5.84. The molecular formula is C14H15ClN4. The quantitative estimate of drug-likeness (QED) is 0.793. The molecule has 2 aromatic rings. The van der Waals surface area contributed by atoms with Crippen molar-refractivity contribution < 1.29 is 0 Å². The first kappa shape index (κ1) is 13.4. The number of nitrogens with zero attached hydrogens (tertiary/aromatic N) is 2. The summed E-state index contributed by atoms with van der Waals surface area (Å²) in [6.45, 7) is 4.98. The molecule has 0 amide bonds. The van der Waals surface area contributed by atoms with Gasteiger partial charge in [0.1, 0.15) is 5.82 Å². The average molecular weight is 275 g/mol. The van der Waals surface area contributed by atoms with Crippen molar-refractivity contribution in [3.8, 4) is 0 Å². The third-order valence-electron chi connectivity index (χ3n) is 2.45. The third-order valence-corrected chi connectivity index (χ3v) is 2.70. The Morgan fingerprint density at radius 3 is 2.68 bits per heavy atom.